The monoisotopic (exact) mass is 433 g/mol. The number of anilines is 1. The Balaban J connectivity index is 0.000000217. The highest BCUT2D eigenvalue weighted by molar-refractivity contribution is 7.22. The van der Waals surface area contributed by atoms with Gasteiger partial charge in [0.1, 0.15) is 23.5 Å². The molecule has 0 unspecified atom stereocenters. The Morgan fingerprint density at radius 3 is 2.77 bits per heavy atom. The van der Waals surface area contributed by atoms with Crippen LogP contribution in [-0.2, 0) is 4.79 Å². The van der Waals surface area contributed by atoms with Crippen LogP contribution in [0.5, 0.6) is 5.75 Å². The molecule has 1 aromatic carbocycles. The van der Waals surface area contributed by atoms with Crippen LogP contribution in [-0.4, -0.2) is 46.0 Å². The molecule has 1 saturated heterocycles. The zero-order valence-electron chi connectivity index (χ0n) is 17.4. The average Bonchev–Trinajstić information content (AvgIpc) is 3.52. The largest absolute Gasteiger partial charge is 0.495 e. The Morgan fingerprint density at radius 1 is 1.29 bits per heavy atom. The predicted octanol–water partition coefficient (Wildman–Crippen LogP) is 3.98. The Kier molecular flexibility index (Phi) is 5.78. The molecule has 8 heteroatoms. The van der Waals surface area contributed by atoms with E-state index < -0.39 is 0 Å². The van der Waals surface area contributed by atoms with E-state index in [1.54, 1.807) is 23.3 Å². The third kappa shape index (κ3) is 4.05. The number of benzene rings is 1. The Bertz CT molecular complexity index is 1290. The van der Waals surface area contributed by atoms with E-state index in [2.05, 4.69) is 46.0 Å². The number of aromatic amines is 1. The van der Waals surface area contributed by atoms with E-state index in [1.165, 1.54) is 17.3 Å². The fourth-order valence-corrected chi connectivity index (χ4v) is 4.90. The van der Waals surface area contributed by atoms with Crippen molar-refractivity contribution in [1.29, 1.82) is 0 Å². The van der Waals surface area contributed by atoms with Gasteiger partial charge in [-0.2, -0.15) is 0 Å². The molecular formula is C23H23N5O2S. The quantitative estimate of drug-likeness (QED) is 0.466. The Labute approximate surface area is 184 Å². The van der Waals surface area contributed by atoms with Crippen molar-refractivity contribution < 1.29 is 9.53 Å². The van der Waals surface area contributed by atoms with Crippen LogP contribution in [0.4, 0.5) is 5.82 Å². The molecule has 4 heterocycles. The molecule has 7 nitrogen and oxygen atoms in total. The van der Waals surface area contributed by atoms with Crippen LogP contribution < -0.4 is 10.5 Å². The number of hydrogen-bond acceptors (Lipinski definition) is 6. The van der Waals surface area contributed by atoms with Crippen molar-refractivity contribution in [1.82, 2.24) is 19.9 Å². The second kappa shape index (κ2) is 8.66. The lowest BCUT2D eigenvalue weighted by Gasteiger charge is -2.08. The molecule has 158 valence electrons. The van der Waals surface area contributed by atoms with Crippen molar-refractivity contribution in [3.8, 4) is 28.5 Å². The van der Waals surface area contributed by atoms with Crippen LogP contribution in [0.2, 0.25) is 0 Å². The molecule has 0 aliphatic carbocycles. The van der Waals surface area contributed by atoms with Crippen LogP contribution in [0.25, 0.3) is 31.6 Å². The summed E-state index contributed by atoms with van der Waals surface area (Å²) in [6.45, 7) is 3.77. The highest BCUT2D eigenvalue weighted by Crippen LogP contribution is 2.42. The van der Waals surface area contributed by atoms with Gasteiger partial charge in [-0.3, -0.25) is 4.79 Å². The highest BCUT2D eigenvalue weighted by Gasteiger charge is 2.16. The zero-order chi connectivity index (χ0) is 22.0. The number of methoxy groups -OCH3 is 1. The molecule has 0 atom stereocenters. The Hall–Kier alpha value is -3.57. The van der Waals surface area contributed by atoms with E-state index in [0.717, 1.165) is 57.9 Å². The van der Waals surface area contributed by atoms with E-state index in [-0.39, 0.29) is 5.91 Å². The van der Waals surface area contributed by atoms with Gasteiger partial charge in [-0.05, 0) is 48.8 Å². The van der Waals surface area contributed by atoms with Crippen LogP contribution >= 0.6 is 11.3 Å². The van der Waals surface area contributed by atoms with Gasteiger partial charge < -0.3 is 20.4 Å². The maximum Gasteiger partial charge on any atom is 0.298 e. The average molecular weight is 434 g/mol. The second-order valence-corrected chi connectivity index (χ2v) is 8.38. The lowest BCUT2D eigenvalue weighted by Crippen LogP contribution is -2.25. The Morgan fingerprint density at radius 2 is 2.06 bits per heavy atom. The maximum atomic E-state index is 10.7. The summed E-state index contributed by atoms with van der Waals surface area (Å²) in [7, 11) is 1.70. The first-order valence-electron chi connectivity index (χ1n) is 9.93. The molecule has 0 spiro atoms. The van der Waals surface area contributed by atoms with Crippen LogP contribution in [0, 0.1) is 19.3 Å². The molecule has 0 radical (unpaired) electrons. The summed E-state index contributed by atoms with van der Waals surface area (Å²) in [4.78, 5) is 25.0. The minimum Gasteiger partial charge on any atom is -0.495 e. The molecule has 31 heavy (non-hydrogen) atoms. The van der Waals surface area contributed by atoms with Gasteiger partial charge in [0, 0.05) is 29.7 Å². The van der Waals surface area contributed by atoms with Crippen LogP contribution in [0.3, 0.4) is 0 Å². The third-order valence-electron chi connectivity index (χ3n) is 5.23. The SMILES string of the molecule is C#CC(=O)N1CCCC1.COc1cc(C)cc2cc(-c3c[nH]c4ncnc(N)c34)sc12. The molecule has 3 N–H and O–H groups in total. The molecule has 0 saturated carbocycles. The van der Waals surface area contributed by atoms with Crippen molar-refractivity contribution >= 4 is 44.2 Å². The summed E-state index contributed by atoms with van der Waals surface area (Å²) in [5.41, 5.74) is 8.97. The number of nitrogens with two attached hydrogens (primary N) is 1. The number of thiophene rings is 1. The summed E-state index contributed by atoms with van der Waals surface area (Å²) in [5, 5.41) is 2.03. The highest BCUT2D eigenvalue weighted by atomic mass is 32.1. The van der Waals surface area contributed by atoms with Gasteiger partial charge in [-0.15, -0.1) is 17.8 Å². The van der Waals surface area contributed by atoms with E-state index >= 15 is 0 Å². The fraction of sp³-hybridized carbons (Fsp3) is 0.261. The number of fused-ring (bicyclic) bond motifs is 2. The molecular weight excluding hydrogens is 410 g/mol. The van der Waals surface area contributed by atoms with Gasteiger partial charge in [0.05, 0.1) is 17.2 Å². The zero-order valence-corrected chi connectivity index (χ0v) is 18.3. The minimum absolute atomic E-state index is 0.160. The lowest BCUT2D eigenvalue weighted by molar-refractivity contribution is -0.124. The van der Waals surface area contributed by atoms with Crippen molar-refractivity contribution in [3.05, 3.63) is 36.3 Å². The van der Waals surface area contributed by atoms with Gasteiger partial charge in [0.25, 0.3) is 5.91 Å². The van der Waals surface area contributed by atoms with E-state index in [0.29, 0.717) is 5.82 Å². The molecule has 5 rings (SSSR count). The number of rotatable bonds is 2. The number of nitrogen functional groups attached to an aromatic ring is 1. The molecule has 1 fully saturated rings. The second-order valence-electron chi connectivity index (χ2n) is 7.32. The van der Waals surface area contributed by atoms with Crippen LogP contribution in [0.15, 0.2) is 30.7 Å². The number of nitrogens with zero attached hydrogens (tertiary/aromatic N) is 3. The normalized spacial score (nSPS) is 13.1. The molecule has 1 aliphatic heterocycles. The number of likely N-dealkylation sites (tertiary alicyclic amines) is 1. The number of carbonyl (C=O) groups excluding carboxylic acids is 1. The molecule has 3 aromatic heterocycles. The first-order valence-corrected chi connectivity index (χ1v) is 10.7. The topological polar surface area (TPSA) is 97.1 Å². The fourth-order valence-electron chi connectivity index (χ4n) is 3.74. The number of amides is 1. The van der Waals surface area contributed by atoms with Gasteiger partial charge in [-0.25, -0.2) is 9.97 Å². The number of carbonyl (C=O) groups is 1. The van der Waals surface area contributed by atoms with Crippen molar-refractivity contribution in [3.63, 3.8) is 0 Å². The number of nitrogens with one attached hydrogen (secondary N) is 1. The third-order valence-corrected chi connectivity index (χ3v) is 6.43. The molecule has 1 aliphatic rings. The molecule has 0 bridgehead atoms. The smallest absolute Gasteiger partial charge is 0.298 e. The van der Waals surface area contributed by atoms with E-state index in [9.17, 15) is 4.79 Å². The number of hydrogen-bond donors (Lipinski definition) is 2. The lowest BCUT2D eigenvalue weighted by atomic mass is 10.1. The standard InChI is InChI=1S/C16H14N4OS.C7H9NO/c1-8-3-9-5-12(22-14(9)11(4-8)21-2)10-6-18-16-13(10)15(17)19-7-20-16;1-2-7(9)8-5-3-4-6-8/h3-7H,1-2H3,(H3,17,18,19,20);1H,3-6H2. The number of aromatic nitrogens is 3. The maximum absolute atomic E-state index is 10.7. The van der Waals surface area contributed by atoms with Gasteiger partial charge in [-0.1, -0.05) is 6.07 Å². The van der Waals surface area contributed by atoms with Crippen molar-refractivity contribution in [2.24, 2.45) is 0 Å². The van der Waals surface area contributed by atoms with E-state index in [1.807, 2.05) is 6.20 Å². The van der Waals surface area contributed by atoms with Gasteiger partial charge in [0.15, 0.2) is 0 Å². The number of ether oxygens (including phenoxy) is 1. The van der Waals surface area contributed by atoms with Gasteiger partial charge in [0.2, 0.25) is 0 Å². The van der Waals surface area contributed by atoms with Crippen molar-refractivity contribution in [2.75, 3.05) is 25.9 Å². The first kappa shape index (κ1) is 20.7. The van der Waals surface area contributed by atoms with Crippen molar-refractivity contribution in [2.45, 2.75) is 19.8 Å². The summed E-state index contributed by atoms with van der Waals surface area (Å²) in [6, 6.07) is 6.37. The first-order chi connectivity index (χ1) is 15.0. The summed E-state index contributed by atoms with van der Waals surface area (Å²) in [5.74, 6) is 3.32. The molecule has 1 amide bonds. The van der Waals surface area contributed by atoms with E-state index in [4.69, 9.17) is 16.9 Å². The summed E-state index contributed by atoms with van der Waals surface area (Å²) >= 11 is 1.68. The number of terminal acetylenes is 1. The summed E-state index contributed by atoms with van der Waals surface area (Å²) in [6.07, 6.45) is 10.5. The molecule has 4 aromatic rings. The summed E-state index contributed by atoms with van der Waals surface area (Å²) < 4.78 is 6.64. The minimum atomic E-state index is -0.160. The van der Waals surface area contributed by atoms with Gasteiger partial charge >= 0.3 is 0 Å². The predicted molar refractivity (Wildman–Crippen MR) is 125 cm³/mol. The number of aryl methyl sites for hydroxylation is 1. The van der Waals surface area contributed by atoms with Crippen LogP contribution in [0.1, 0.15) is 18.4 Å². The number of H-pyrrole nitrogens is 1.